The first-order chi connectivity index (χ1) is 13.6. The lowest BCUT2D eigenvalue weighted by molar-refractivity contribution is -0.136. The molecular formula is C22H29N3O2S. The number of unbranched alkanes of at least 4 members (excludes halogenated alkanes) is 1. The molecule has 0 aromatic heterocycles. The maximum Gasteiger partial charge on any atom is 0.245 e. The van der Waals surface area contributed by atoms with E-state index in [0.717, 1.165) is 24.2 Å². The number of nitrogens with two attached hydrogens (primary N) is 1. The Labute approximate surface area is 171 Å². The minimum Gasteiger partial charge on any atom is -0.343 e. The van der Waals surface area contributed by atoms with Crippen LogP contribution in [0.4, 0.5) is 0 Å². The zero-order valence-corrected chi connectivity index (χ0v) is 17.2. The number of hydrogen-bond acceptors (Lipinski definition) is 4. The minimum absolute atomic E-state index is 0.00741. The van der Waals surface area contributed by atoms with Crippen molar-refractivity contribution in [1.29, 1.82) is 0 Å². The third-order valence-corrected chi connectivity index (χ3v) is 6.34. The van der Waals surface area contributed by atoms with Gasteiger partial charge in [-0.05, 0) is 49.1 Å². The smallest absolute Gasteiger partial charge is 0.245 e. The maximum atomic E-state index is 13.3. The summed E-state index contributed by atoms with van der Waals surface area (Å²) in [5, 5.41) is 5.17. The van der Waals surface area contributed by atoms with Crippen LogP contribution in [0.25, 0.3) is 10.8 Å². The molecule has 2 aromatic rings. The zero-order valence-electron chi connectivity index (χ0n) is 16.4. The standard InChI is InChI=1S/C22H29N3O2S/c1-16-21(26)24-20(11-4-5-12-23)22(27)25(13-14-28-16)15-18-9-6-8-17-7-2-3-10-19(17)18/h2-3,6-10,16,20H,4-5,11-15,23H2,1H3,(H,24,26)/t16-,20-/m1/s1. The lowest BCUT2D eigenvalue weighted by Gasteiger charge is -2.27. The number of nitrogens with zero attached hydrogens (tertiary/aromatic N) is 1. The topological polar surface area (TPSA) is 75.4 Å². The molecule has 2 aromatic carbocycles. The number of hydrogen-bond donors (Lipinski definition) is 2. The molecular weight excluding hydrogens is 370 g/mol. The van der Waals surface area contributed by atoms with Gasteiger partial charge in [-0.1, -0.05) is 42.5 Å². The summed E-state index contributed by atoms with van der Waals surface area (Å²) in [5.41, 5.74) is 6.74. The van der Waals surface area contributed by atoms with Crippen molar-refractivity contribution in [2.75, 3.05) is 18.8 Å². The Kier molecular flexibility index (Phi) is 7.34. The Morgan fingerprint density at radius 3 is 2.75 bits per heavy atom. The molecule has 1 aliphatic heterocycles. The Balaban J connectivity index is 1.84. The number of fused-ring (bicyclic) bond motifs is 1. The van der Waals surface area contributed by atoms with Gasteiger partial charge in [-0.2, -0.15) is 0 Å². The fraction of sp³-hybridized carbons (Fsp3) is 0.455. The average molecular weight is 400 g/mol. The van der Waals surface area contributed by atoms with Gasteiger partial charge in [-0.25, -0.2) is 0 Å². The predicted octanol–water partition coefficient (Wildman–Crippen LogP) is 2.92. The van der Waals surface area contributed by atoms with E-state index >= 15 is 0 Å². The summed E-state index contributed by atoms with van der Waals surface area (Å²) in [6.45, 7) is 3.69. The first-order valence-electron chi connectivity index (χ1n) is 9.97. The highest BCUT2D eigenvalue weighted by Gasteiger charge is 2.29. The fourth-order valence-corrected chi connectivity index (χ4v) is 4.48. The van der Waals surface area contributed by atoms with E-state index in [1.165, 1.54) is 10.8 Å². The second-order valence-electron chi connectivity index (χ2n) is 7.26. The molecule has 3 N–H and O–H groups in total. The second-order valence-corrected chi connectivity index (χ2v) is 8.71. The molecule has 1 fully saturated rings. The summed E-state index contributed by atoms with van der Waals surface area (Å²) in [5.74, 6) is 0.705. The molecule has 1 heterocycles. The highest BCUT2D eigenvalue weighted by Crippen LogP contribution is 2.22. The van der Waals surface area contributed by atoms with E-state index in [1.54, 1.807) is 11.8 Å². The van der Waals surface area contributed by atoms with Crippen LogP contribution in [-0.4, -0.2) is 46.8 Å². The largest absolute Gasteiger partial charge is 0.343 e. The van der Waals surface area contributed by atoms with Crippen LogP contribution < -0.4 is 11.1 Å². The number of carbonyl (C=O) groups is 2. The molecule has 1 saturated heterocycles. The lowest BCUT2D eigenvalue weighted by atomic mass is 10.0. The molecule has 1 aliphatic rings. The van der Waals surface area contributed by atoms with Crippen molar-refractivity contribution in [3.63, 3.8) is 0 Å². The molecule has 28 heavy (non-hydrogen) atoms. The number of rotatable bonds is 6. The third kappa shape index (κ3) is 5.06. The average Bonchev–Trinajstić information content (AvgIpc) is 2.75. The first-order valence-corrected chi connectivity index (χ1v) is 11.0. The normalized spacial score (nSPS) is 21.1. The Morgan fingerprint density at radius 2 is 1.93 bits per heavy atom. The van der Waals surface area contributed by atoms with Crippen LogP contribution in [0.1, 0.15) is 31.7 Å². The van der Waals surface area contributed by atoms with E-state index in [1.807, 2.05) is 30.0 Å². The van der Waals surface area contributed by atoms with Crippen molar-refractivity contribution in [2.24, 2.45) is 5.73 Å². The van der Waals surface area contributed by atoms with E-state index in [-0.39, 0.29) is 17.1 Å². The van der Waals surface area contributed by atoms with Gasteiger partial charge in [-0.3, -0.25) is 9.59 Å². The first kappa shape index (κ1) is 20.7. The number of carbonyl (C=O) groups excluding carboxylic acids is 2. The second kappa shape index (κ2) is 9.94. The van der Waals surface area contributed by atoms with Gasteiger partial charge < -0.3 is 16.0 Å². The van der Waals surface area contributed by atoms with E-state index in [9.17, 15) is 9.59 Å². The molecule has 3 rings (SSSR count). The van der Waals surface area contributed by atoms with E-state index in [0.29, 0.717) is 26.1 Å². The molecule has 0 aliphatic carbocycles. The van der Waals surface area contributed by atoms with Crippen molar-refractivity contribution in [3.05, 3.63) is 48.0 Å². The van der Waals surface area contributed by atoms with Gasteiger partial charge in [0.05, 0.1) is 5.25 Å². The van der Waals surface area contributed by atoms with Crippen molar-refractivity contribution in [2.45, 2.75) is 44.0 Å². The van der Waals surface area contributed by atoms with Gasteiger partial charge in [0, 0.05) is 18.8 Å². The van der Waals surface area contributed by atoms with E-state index in [4.69, 9.17) is 5.73 Å². The summed E-state index contributed by atoms with van der Waals surface area (Å²) in [6.07, 6.45) is 2.31. The number of thioether (sulfide) groups is 1. The number of nitrogens with one attached hydrogen (secondary N) is 1. The summed E-state index contributed by atoms with van der Waals surface area (Å²) in [7, 11) is 0. The lowest BCUT2D eigenvalue weighted by Crippen LogP contribution is -2.49. The highest BCUT2D eigenvalue weighted by molar-refractivity contribution is 8.00. The molecule has 0 saturated carbocycles. The monoisotopic (exact) mass is 399 g/mol. The van der Waals surface area contributed by atoms with Crippen molar-refractivity contribution < 1.29 is 9.59 Å². The quantitative estimate of drug-likeness (QED) is 0.733. The SMILES string of the molecule is C[C@H]1SCCN(Cc2cccc3ccccc23)C(=O)[C@@H](CCCCN)NC1=O. The van der Waals surface area contributed by atoms with Crippen LogP contribution in [0.5, 0.6) is 0 Å². The molecule has 0 spiro atoms. The molecule has 150 valence electrons. The Morgan fingerprint density at radius 1 is 1.14 bits per heavy atom. The molecule has 0 unspecified atom stereocenters. The van der Waals surface area contributed by atoms with Gasteiger partial charge in [-0.15, -0.1) is 11.8 Å². The van der Waals surface area contributed by atoms with Crippen LogP contribution in [0.3, 0.4) is 0 Å². The van der Waals surface area contributed by atoms with Crippen molar-refractivity contribution in [1.82, 2.24) is 10.2 Å². The molecule has 0 bridgehead atoms. The van der Waals surface area contributed by atoms with Gasteiger partial charge in [0.15, 0.2) is 0 Å². The molecule has 6 heteroatoms. The van der Waals surface area contributed by atoms with Gasteiger partial charge in [0.2, 0.25) is 11.8 Å². The molecule has 2 atom stereocenters. The zero-order chi connectivity index (χ0) is 19.9. The Bertz CT molecular complexity index is 821. The maximum absolute atomic E-state index is 13.3. The van der Waals surface area contributed by atoms with Crippen LogP contribution in [0.15, 0.2) is 42.5 Å². The predicted molar refractivity (Wildman–Crippen MR) is 116 cm³/mol. The van der Waals surface area contributed by atoms with E-state index in [2.05, 4.69) is 29.6 Å². The van der Waals surface area contributed by atoms with Gasteiger partial charge in [0.1, 0.15) is 6.04 Å². The highest BCUT2D eigenvalue weighted by atomic mass is 32.2. The summed E-state index contributed by atoms with van der Waals surface area (Å²) in [6, 6.07) is 14.0. The van der Waals surface area contributed by atoms with Crippen LogP contribution in [0, 0.1) is 0 Å². The number of benzene rings is 2. The van der Waals surface area contributed by atoms with Crippen LogP contribution in [0.2, 0.25) is 0 Å². The minimum atomic E-state index is -0.477. The van der Waals surface area contributed by atoms with Crippen LogP contribution >= 0.6 is 11.8 Å². The summed E-state index contributed by atoms with van der Waals surface area (Å²) >= 11 is 1.60. The van der Waals surface area contributed by atoms with E-state index < -0.39 is 6.04 Å². The molecule has 5 nitrogen and oxygen atoms in total. The molecule has 2 amide bonds. The van der Waals surface area contributed by atoms with Gasteiger partial charge in [0.25, 0.3) is 0 Å². The molecule has 0 radical (unpaired) electrons. The summed E-state index contributed by atoms with van der Waals surface area (Å²) in [4.78, 5) is 27.6. The van der Waals surface area contributed by atoms with Crippen molar-refractivity contribution >= 4 is 34.3 Å². The van der Waals surface area contributed by atoms with Crippen molar-refractivity contribution in [3.8, 4) is 0 Å². The fourth-order valence-electron chi connectivity index (χ4n) is 3.58. The number of amides is 2. The van der Waals surface area contributed by atoms with Crippen LogP contribution in [-0.2, 0) is 16.1 Å². The Hall–Kier alpha value is -2.05. The summed E-state index contributed by atoms with van der Waals surface area (Å²) < 4.78 is 0. The van der Waals surface area contributed by atoms with Gasteiger partial charge >= 0.3 is 0 Å². The third-order valence-electron chi connectivity index (χ3n) is 5.21.